The van der Waals surface area contributed by atoms with Gasteiger partial charge in [-0.25, -0.2) is 0 Å². The summed E-state index contributed by atoms with van der Waals surface area (Å²) in [5.74, 6) is 0.638. The molecule has 122 valence electrons. The van der Waals surface area contributed by atoms with Crippen LogP contribution in [0, 0.1) is 13.8 Å². The van der Waals surface area contributed by atoms with Gasteiger partial charge in [0.25, 0.3) is 5.91 Å². The van der Waals surface area contributed by atoms with Crippen molar-refractivity contribution in [3.63, 3.8) is 0 Å². The molecule has 1 amide bonds. The summed E-state index contributed by atoms with van der Waals surface area (Å²) in [6.45, 7) is 4.04. The van der Waals surface area contributed by atoms with Crippen molar-refractivity contribution >= 4 is 46.0 Å². The van der Waals surface area contributed by atoms with E-state index in [2.05, 4.69) is 0 Å². The van der Waals surface area contributed by atoms with E-state index in [1.807, 2.05) is 62.4 Å². The molecule has 0 aliphatic carbocycles. The van der Waals surface area contributed by atoms with Crippen molar-refractivity contribution in [3.8, 4) is 5.75 Å². The molecule has 1 saturated heterocycles. The Morgan fingerprint density at radius 1 is 1.12 bits per heavy atom. The highest BCUT2D eigenvalue weighted by Gasteiger charge is 2.34. The van der Waals surface area contributed by atoms with Crippen molar-refractivity contribution in [2.75, 3.05) is 12.0 Å². The van der Waals surface area contributed by atoms with Crippen LogP contribution in [0.5, 0.6) is 5.75 Å². The van der Waals surface area contributed by atoms with E-state index in [4.69, 9.17) is 17.0 Å². The van der Waals surface area contributed by atoms with Crippen LogP contribution in [-0.2, 0) is 4.79 Å². The van der Waals surface area contributed by atoms with E-state index in [0.29, 0.717) is 9.23 Å². The molecule has 0 aromatic heterocycles. The monoisotopic (exact) mass is 355 g/mol. The third kappa shape index (κ3) is 2.97. The van der Waals surface area contributed by atoms with Crippen molar-refractivity contribution in [3.05, 3.63) is 64.1 Å². The first-order valence-electron chi connectivity index (χ1n) is 7.50. The topological polar surface area (TPSA) is 29.5 Å². The number of carbonyl (C=O) groups excluding carboxylic acids is 1. The lowest BCUT2D eigenvalue weighted by atomic mass is 10.1. The number of thioether (sulfide) groups is 1. The van der Waals surface area contributed by atoms with Gasteiger partial charge in [-0.2, -0.15) is 0 Å². The average molecular weight is 355 g/mol. The molecule has 0 N–H and O–H groups in total. The molecule has 2 aromatic carbocycles. The predicted octanol–water partition coefficient (Wildman–Crippen LogP) is 4.72. The maximum atomic E-state index is 12.9. The molecule has 1 fully saturated rings. The van der Waals surface area contributed by atoms with Gasteiger partial charge in [0.15, 0.2) is 4.32 Å². The molecule has 24 heavy (non-hydrogen) atoms. The van der Waals surface area contributed by atoms with Crippen molar-refractivity contribution in [2.24, 2.45) is 0 Å². The summed E-state index contributed by atoms with van der Waals surface area (Å²) >= 11 is 6.77. The number of thiocarbonyl (C=S) groups is 1. The lowest BCUT2D eigenvalue weighted by Gasteiger charge is -2.18. The van der Waals surface area contributed by atoms with Crippen molar-refractivity contribution in [1.29, 1.82) is 0 Å². The van der Waals surface area contributed by atoms with Crippen LogP contribution < -0.4 is 9.64 Å². The Kier molecular flexibility index (Phi) is 4.73. The number of anilines is 1. The van der Waals surface area contributed by atoms with Gasteiger partial charge in [-0.15, -0.1) is 0 Å². The van der Waals surface area contributed by atoms with Crippen LogP contribution in [0.1, 0.15) is 16.7 Å². The lowest BCUT2D eigenvalue weighted by molar-refractivity contribution is -0.113. The first-order chi connectivity index (χ1) is 11.5. The number of benzene rings is 2. The highest BCUT2D eigenvalue weighted by molar-refractivity contribution is 8.27. The van der Waals surface area contributed by atoms with Gasteiger partial charge in [0, 0.05) is 5.56 Å². The maximum absolute atomic E-state index is 12.9. The summed E-state index contributed by atoms with van der Waals surface area (Å²) in [5.41, 5.74) is 3.91. The number of hydrogen-bond acceptors (Lipinski definition) is 4. The van der Waals surface area contributed by atoms with Gasteiger partial charge in [-0.05, 0) is 43.2 Å². The van der Waals surface area contributed by atoms with E-state index >= 15 is 0 Å². The third-order valence-corrected chi connectivity index (χ3v) is 5.34. The standard InChI is InChI=1S/C19H17NO2S2/c1-12-7-6-9-15(13(12)2)20-18(21)17(24-19(20)23)11-14-8-4-5-10-16(14)22-3/h4-11H,1-3H3. The molecule has 5 heteroatoms. The molecule has 1 aliphatic heterocycles. The zero-order valence-electron chi connectivity index (χ0n) is 13.7. The number of amides is 1. The van der Waals surface area contributed by atoms with Crippen molar-refractivity contribution in [1.82, 2.24) is 0 Å². The molecule has 0 bridgehead atoms. The Labute approximate surface area is 151 Å². The quantitative estimate of drug-likeness (QED) is 0.589. The van der Waals surface area contributed by atoms with Crippen LogP contribution in [0.4, 0.5) is 5.69 Å². The summed E-state index contributed by atoms with van der Waals surface area (Å²) in [4.78, 5) is 15.1. The van der Waals surface area contributed by atoms with Crippen LogP contribution in [0.3, 0.4) is 0 Å². The maximum Gasteiger partial charge on any atom is 0.270 e. The van der Waals surface area contributed by atoms with Gasteiger partial charge in [-0.1, -0.05) is 54.3 Å². The van der Waals surface area contributed by atoms with Crippen LogP contribution in [0.15, 0.2) is 47.4 Å². The summed E-state index contributed by atoms with van der Waals surface area (Å²) in [6.07, 6.45) is 1.84. The fourth-order valence-corrected chi connectivity index (χ4v) is 3.86. The first-order valence-corrected chi connectivity index (χ1v) is 8.72. The molecule has 0 spiro atoms. The highest BCUT2D eigenvalue weighted by Crippen LogP contribution is 2.38. The zero-order chi connectivity index (χ0) is 17.3. The van der Waals surface area contributed by atoms with Gasteiger partial charge >= 0.3 is 0 Å². The Morgan fingerprint density at radius 2 is 1.88 bits per heavy atom. The molecule has 1 aliphatic rings. The van der Waals surface area contributed by atoms with Crippen LogP contribution in [-0.4, -0.2) is 17.3 Å². The summed E-state index contributed by atoms with van der Waals surface area (Å²) in [6, 6.07) is 13.5. The van der Waals surface area contributed by atoms with Crippen LogP contribution >= 0.6 is 24.0 Å². The SMILES string of the molecule is COc1ccccc1C=C1SC(=S)N(c2cccc(C)c2C)C1=O. The van der Waals surface area contributed by atoms with Gasteiger partial charge in [0.1, 0.15) is 5.75 Å². The minimum Gasteiger partial charge on any atom is -0.496 e. The smallest absolute Gasteiger partial charge is 0.270 e. The first kappa shape index (κ1) is 16.7. The van der Waals surface area contributed by atoms with E-state index in [0.717, 1.165) is 28.1 Å². The molecule has 3 rings (SSSR count). The van der Waals surface area contributed by atoms with E-state index in [-0.39, 0.29) is 5.91 Å². The summed E-state index contributed by atoms with van der Waals surface area (Å²) in [5, 5.41) is 0. The Bertz CT molecular complexity index is 858. The van der Waals surface area contributed by atoms with E-state index in [1.54, 1.807) is 12.0 Å². The van der Waals surface area contributed by atoms with Crippen LogP contribution in [0.25, 0.3) is 6.08 Å². The van der Waals surface area contributed by atoms with Crippen LogP contribution in [0.2, 0.25) is 0 Å². The fraction of sp³-hybridized carbons (Fsp3) is 0.158. The largest absolute Gasteiger partial charge is 0.496 e. The minimum atomic E-state index is -0.0930. The lowest BCUT2D eigenvalue weighted by Crippen LogP contribution is -2.28. The van der Waals surface area contributed by atoms with Gasteiger partial charge in [0.2, 0.25) is 0 Å². The summed E-state index contributed by atoms with van der Waals surface area (Å²) < 4.78 is 5.90. The van der Waals surface area contributed by atoms with Gasteiger partial charge in [0.05, 0.1) is 17.7 Å². The van der Waals surface area contributed by atoms with E-state index < -0.39 is 0 Å². The van der Waals surface area contributed by atoms with E-state index in [9.17, 15) is 4.79 Å². The van der Waals surface area contributed by atoms with Crippen molar-refractivity contribution < 1.29 is 9.53 Å². The Balaban J connectivity index is 2.00. The second kappa shape index (κ2) is 6.79. The molecule has 2 aromatic rings. The molecule has 3 nitrogen and oxygen atoms in total. The molecular formula is C19H17NO2S2. The number of methoxy groups -OCH3 is 1. The number of hydrogen-bond donors (Lipinski definition) is 0. The number of carbonyl (C=O) groups is 1. The predicted molar refractivity (Wildman–Crippen MR) is 105 cm³/mol. The van der Waals surface area contributed by atoms with Crippen molar-refractivity contribution in [2.45, 2.75) is 13.8 Å². The minimum absolute atomic E-state index is 0.0930. The molecule has 0 unspecified atom stereocenters. The number of nitrogens with zero attached hydrogens (tertiary/aromatic N) is 1. The third-order valence-electron chi connectivity index (χ3n) is 4.04. The molecule has 0 radical (unpaired) electrons. The van der Waals surface area contributed by atoms with Gasteiger partial charge in [-0.3, -0.25) is 9.69 Å². The second-order valence-corrected chi connectivity index (χ2v) is 7.15. The normalized spacial score (nSPS) is 16.1. The average Bonchev–Trinajstić information content (AvgIpc) is 2.85. The fourth-order valence-electron chi connectivity index (χ4n) is 2.58. The zero-order valence-corrected chi connectivity index (χ0v) is 15.3. The molecule has 1 heterocycles. The molecule has 0 saturated carbocycles. The Morgan fingerprint density at radius 3 is 2.62 bits per heavy atom. The van der Waals surface area contributed by atoms with E-state index in [1.165, 1.54) is 11.8 Å². The second-order valence-electron chi connectivity index (χ2n) is 5.48. The van der Waals surface area contributed by atoms with Gasteiger partial charge < -0.3 is 4.74 Å². The Hall–Kier alpha value is -2.11. The number of para-hydroxylation sites is 1. The molecular weight excluding hydrogens is 338 g/mol. The number of aryl methyl sites for hydroxylation is 1. The number of rotatable bonds is 3. The summed E-state index contributed by atoms with van der Waals surface area (Å²) in [7, 11) is 1.62. The highest BCUT2D eigenvalue weighted by atomic mass is 32.2. The molecule has 0 atom stereocenters. The number of ether oxygens (including phenoxy) is 1.